The van der Waals surface area contributed by atoms with Crippen LogP contribution in [0.5, 0.6) is 0 Å². The van der Waals surface area contributed by atoms with Crippen molar-refractivity contribution in [2.45, 2.75) is 63.7 Å². The zero-order chi connectivity index (χ0) is 15.6. The molecule has 0 fully saturated rings. The lowest BCUT2D eigenvalue weighted by Crippen LogP contribution is -2.04. The van der Waals surface area contributed by atoms with E-state index in [1.165, 1.54) is 32.1 Å². The van der Waals surface area contributed by atoms with Crippen LogP contribution in [-0.4, -0.2) is 14.2 Å². The van der Waals surface area contributed by atoms with Crippen LogP contribution < -0.4 is 0 Å². The molecule has 0 radical (unpaired) electrons. The summed E-state index contributed by atoms with van der Waals surface area (Å²) in [7, 11) is -3.17. The molecular weight excluding hydrogens is 280 g/mol. The first-order valence-electron chi connectivity index (χ1n) is 8.00. The van der Waals surface area contributed by atoms with Gasteiger partial charge in [-0.05, 0) is 31.9 Å². The fourth-order valence-corrected chi connectivity index (χ4v) is 3.33. The van der Waals surface area contributed by atoms with Gasteiger partial charge in [0.1, 0.15) is 0 Å². The molecule has 0 bridgehead atoms. The van der Waals surface area contributed by atoms with Gasteiger partial charge in [-0.1, -0.05) is 68.9 Å². The molecule has 0 unspecified atom stereocenters. The van der Waals surface area contributed by atoms with E-state index in [-0.39, 0.29) is 5.75 Å². The predicted octanol–water partition coefficient (Wildman–Crippen LogP) is 5.08. The molecular formula is C18H28O2S. The molecule has 0 N–H and O–H groups in total. The van der Waals surface area contributed by atoms with E-state index in [0.29, 0.717) is 4.90 Å². The van der Waals surface area contributed by atoms with Crippen LogP contribution in [0, 0.1) is 6.92 Å². The smallest absolute Gasteiger partial charge is 0.181 e. The first-order chi connectivity index (χ1) is 10.1. The molecule has 0 amide bonds. The Kier molecular flexibility index (Phi) is 8.36. The molecule has 0 heterocycles. The van der Waals surface area contributed by atoms with Crippen molar-refractivity contribution in [2.75, 3.05) is 5.75 Å². The van der Waals surface area contributed by atoms with Crippen molar-refractivity contribution in [1.29, 1.82) is 0 Å². The molecule has 0 aliphatic carbocycles. The molecule has 118 valence electrons. The van der Waals surface area contributed by atoms with Crippen molar-refractivity contribution in [3.05, 3.63) is 42.0 Å². The molecule has 0 aliphatic heterocycles. The number of unbranched alkanes of at least 4 members (excludes halogenated alkanes) is 6. The molecule has 21 heavy (non-hydrogen) atoms. The summed E-state index contributed by atoms with van der Waals surface area (Å²) in [6, 6.07) is 7.05. The summed E-state index contributed by atoms with van der Waals surface area (Å²) in [5, 5.41) is 0. The Hall–Kier alpha value is -1.09. The highest BCUT2D eigenvalue weighted by Crippen LogP contribution is 2.13. The molecule has 1 aromatic rings. The van der Waals surface area contributed by atoms with Gasteiger partial charge in [0.05, 0.1) is 10.6 Å². The highest BCUT2D eigenvalue weighted by Gasteiger charge is 2.11. The van der Waals surface area contributed by atoms with Crippen molar-refractivity contribution in [3.8, 4) is 0 Å². The van der Waals surface area contributed by atoms with E-state index >= 15 is 0 Å². The van der Waals surface area contributed by atoms with Gasteiger partial charge >= 0.3 is 0 Å². The van der Waals surface area contributed by atoms with Crippen LogP contribution in [-0.2, 0) is 9.84 Å². The molecule has 1 rings (SSSR count). The standard InChI is InChI=1S/C18H28O2S/c1-3-4-5-6-7-8-9-10-11-16-21(19,20)18-14-12-17(2)13-15-18/h10-15H,3-9,16H2,1-2H3/b11-10+. The summed E-state index contributed by atoms with van der Waals surface area (Å²) in [5.41, 5.74) is 1.08. The van der Waals surface area contributed by atoms with Crippen molar-refractivity contribution in [2.24, 2.45) is 0 Å². The van der Waals surface area contributed by atoms with Gasteiger partial charge in [0.25, 0.3) is 0 Å². The third-order valence-electron chi connectivity index (χ3n) is 3.59. The average molecular weight is 308 g/mol. The first-order valence-corrected chi connectivity index (χ1v) is 9.66. The SMILES string of the molecule is CCCCCCCC/C=C/CS(=O)(=O)c1ccc(C)cc1. The van der Waals surface area contributed by atoms with E-state index in [2.05, 4.69) is 6.92 Å². The minimum atomic E-state index is -3.17. The Morgan fingerprint density at radius 1 is 0.905 bits per heavy atom. The van der Waals surface area contributed by atoms with Crippen LogP contribution in [0.15, 0.2) is 41.3 Å². The molecule has 2 nitrogen and oxygen atoms in total. The zero-order valence-electron chi connectivity index (χ0n) is 13.3. The quantitative estimate of drug-likeness (QED) is 0.446. The maximum Gasteiger partial charge on any atom is 0.181 e. The number of rotatable bonds is 10. The van der Waals surface area contributed by atoms with Crippen LogP contribution in [0.1, 0.15) is 57.4 Å². The predicted molar refractivity (Wildman–Crippen MR) is 90.4 cm³/mol. The number of allylic oxidation sites excluding steroid dienone is 1. The molecule has 0 aliphatic rings. The fraction of sp³-hybridized carbons (Fsp3) is 0.556. The van der Waals surface area contributed by atoms with E-state index in [1.54, 1.807) is 18.2 Å². The first kappa shape index (κ1) is 18.0. The van der Waals surface area contributed by atoms with Crippen molar-refractivity contribution in [3.63, 3.8) is 0 Å². The molecule has 0 aromatic heterocycles. The Bertz CT molecular complexity index is 513. The molecule has 0 saturated carbocycles. The zero-order valence-corrected chi connectivity index (χ0v) is 14.2. The second-order valence-corrected chi connectivity index (χ2v) is 7.66. The van der Waals surface area contributed by atoms with Gasteiger partial charge in [-0.3, -0.25) is 0 Å². The summed E-state index contributed by atoms with van der Waals surface area (Å²) in [5.74, 6) is 0.103. The maximum absolute atomic E-state index is 12.1. The average Bonchev–Trinajstić information content (AvgIpc) is 2.46. The lowest BCUT2D eigenvalue weighted by molar-refractivity contribution is 0.598. The Balaban J connectivity index is 2.27. The monoisotopic (exact) mass is 308 g/mol. The number of aryl methyl sites for hydroxylation is 1. The third-order valence-corrected chi connectivity index (χ3v) is 5.21. The van der Waals surface area contributed by atoms with Crippen LogP contribution >= 0.6 is 0 Å². The lowest BCUT2D eigenvalue weighted by atomic mass is 10.1. The summed E-state index contributed by atoms with van der Waals surface area (Å²) < 4.78 is 24.2. The highest BCUT2D eigenvalue weighted by atomic mass is 32.2. The third kappa shape index (κ3) is 7.47. The fourth-order valence-electron chi connectivity index (χ4n) is 2.20. The summed E-state index contributed by atoms with van der Waals surface area (Å²) >= 11 is 0. The largest absolute Gasteiger partial charge is 0.223 e. The Labute approximate surface area is 130 Å². The van der Waals surface area contributed by atoms with Crippen LogP contribution in [0.3, 0.4) is 0 Å². The maximum atomic E-state index is 12.1. The minimum absolute atomic E-state index is 0.103. The van der Waals surface area contributed by atoms with Crippen molar-refractivity contribution < 1.29 is 8.42 Å². The van der Waals surface area contributed by atoms with E-state index in [9.17, 15) is 8.42 Å². The Morgan fingerprint density at radius 2 is 1.52 bits per heavy atom. The van der Waals surface area contributed by atoms with Gasteiger partial charge in [-0.2, -0.15) is 0 Å². The van der Waals surface area contributed by atoms with Crippen LogP contribution in [0.4, 0.5) is 0 Å². The Morgan fingerprint density at radius 3 is 2.19 bits per heavy atom. The molecule has 1 aromatic carbocycles. The van der Waals surface area contributed by atoms with Crippen molar-refractivity contribution in [1.82, 2.24) is 0 Å². The van der Waals surface area contributed by atoms with Gasteiger partial charge in [0.2, 0.25) is 0 Å². The molecule has 3 heteroatoms. The normalized spacial score (nSPS) is 12.1. The van der Waals surface area contributed by atoms with Crippen molar-refractivity contribution >= 4 is 9.84 Å². The minimum Gasteiger partial charge on any atom is -0.223 e. The summed E-state index contributed by atoms with van der Waals surface area (Å²) in [4.78, 5) is 0.414. The summed E-state index contributed by atoms with van der Waals surface area (Å²) in [6.45, 7) is 4.17. The van der Waals surface area contributed by atoms with Gasteiger partial charge in [0, 0.05) is 0 Å². The number of hydrogen-bond donors (Lipinski definition) is 0. The second-order valence-electron chi connectivity index (χ2n) is 5.62. The van der Waals surface area contributed by atoms with Gasteiger partial charge < -0.3 is 0 Å². The molecule has 0 saturated heterocycles. The topological polar surface area (TPSA) is 34.1 Å². The van der Waals surface area contributed by atoms with Gasteiger partial charge in [-0.25, -0.2) is 8.42 Å². The molecule has 0 spiro atoms. The highest BCUT2D eigenvalue weighted by molar-refractivity contribution is 7.91. The molecule has 0 atom stereocenters. The summed E-state index contributed by atoms with van der Waals surface area (Å²) in [6.07, 6.45) is 12.4. The lowest BCUT2D eigenvalue weighted by Gasteiger charge is -2.02. The van der Waals surface area contributed by atoms with Gasteiger partial charge in [0.15, 0.2) is 9.84 Å². The van der Waals surface area contributed by atoms with Gasteiger partial charge in [-0.15, -0.1) is 0 Å². The van der Waals surface area contributed by atoms with E-state index < -0.39 is 9.84 Å². The number of hydrogen-bond acceptors (Lipinski definition) is 2. The number of sulfone groups is 1. The van der Waals surface area contributed by atoms with E-state index in [0.717, 1.165) is 18.4 Å². The number of benzene rings is 1. The van der Waals surface area contributed by atoms with E-state index in [1.807, 2.05) is 25.1 Å². The van der Waals surface area contributed by atoms with E-state index in [4.69, 9.17) is 0 Å². The van der Waals surface area contributed by atoms with Crippen LogP contribution in [0.25, 0.3) is 0 Å². The second kappa shape index (κ2) is 9.78. The van der Waals surface area contributed by atoms with Crippen LogP contribution in [0.2, 0.25) is 0 Å².